The van der Waals surface area contributed by atoms with E-state index in [0.29, 0.717) is 5.82 Å². The van der Waals surface area contributed by atoms with Crippen molar-refractivity contribution in [2.75, 3.05) is 0 Å². The Labute approximate surface area is 76.4 Å². The van der Waals surface area contributed by atoms with Gasteiger partial charge in [0.05, 0.1) is 0 Å². The van der Waals surface area contributed by atoms with Gasteiger partial charge in [-0.15, -0.1) is 0 Å². The second-order valence-corrected chi connectivity index (χ2v) is 3.91. The molecule has 0 amide bonds. The Balaban J connectivity index is 2.81. The molecule has 0 bridgehead atoms. The molecular weight excluding hydrogens is 170 g/mol. The average molecular weight is 183 g/mol. The van der Waals surface area contributed by atoms with Crippen molar-refractivity contribution >= 4 is 5.97 Å². The molecule has 72 valence electrons. The third-order valence-electron chi connectivity index (χ3n) is 1.50. The molecule has 0 aliphatic carbocycles. The number of aromatic nitrogens is 3. The SMILES string of the molecule is CC(C)(C)c1ncn(CC(=O)O)n1. The highest BCUT2D eigenvalue weighted by Gasteiger charge is 2.18. The average Bonchev–Trinajstić information content (AvgIpc) is 2.32. The lowest BCUT2D eigenvalue weighted by Crippen LogP contribution is -2.15. The summed E-state index contributed by atoms with van der Waals surface area (Å²) in [5.41, 5.74) is -0.135. The van der Waals surface area contributed by atoms with Gasteiger partial charge in [0.25, 0.3) is 0 Å². The van der Waals surface area contributed by atoms with Crippen LogP contribution in [0.1, 0.15) is 26.6 Å². The van der Waals surface area contributed by atoms with Crippen molar-refractivity contribution in [1.29, 1.82) is 0 Å². The molecule has 0 unspecified atom stereocenters. The highest BCUT2D eigenvalue weighted by atomic mass is 16.4. The minimum Gasteiger partial charge on any atom is -0.480 e. The fourth-order valence-corrected chi connectivity index (χ4v) is 0.853. The Kier molecular flexibility index (Phi) is 2.36. The summed E-state index contributed by atoms with van der Waals surface area (Å²) in [4.78, 5) is 14.4. The van der Waals surface area contributed by atoms with Crippen LogP contribution >= 0.6 is 0 Å². The quantitative estimate of drug-likeness (QED) is 0.731. The summed E-state index contributed by atoms with van der Waals surface area (Å²) in [7, 11) is 0. The zero-order chi connectivity index (χ0) is 10.1. The Morgan fingerprint density at radius 2 is 2.23 bits per heavy atom. The first kappa shape index (κ1) is 9.70. The number of nitrogens with zero attached hydrogens (tertiary/aromatic N) is 3. The number of carbonyl (C=O) groups is 1. The first-order valence-corrected chi connectivity index (χ1v) is 4.01. The van der Waals surface area contributed by atoms with Gasteiger partial charge in [0.2, 0.25) is 0 Å². The smallest absolute Gasteiger partial charge is 0.325 e. The van der Waals surface area contributed by atoms with Crippen LogP contribution in [0.3, 0.4) is 0 Å². The maximum atomic E-state index is 10.3. The van der Waals surface area contributed by atoms with Crippen molar-refractivity contribution in [2.24, 2.45) is 0 Å². The second kappa shape index (κ2) is 3.16. The first-order valence-electron chi connectivity index (χ1n) is 4.01. The third kappa shape index (κ3) is 2.54. The van der Waals surface area contributed by atoms with E-state index in [1.54, 1.807) is 0 Å². The van der Waals surface area contributed by atoms with Crippen LogP contribution in [-0.4, -0.2) is 25.8 Å². The minimum atomic E-state index is -0.912. The zero-order valence-electron chi connectivity index (χ0n) is 7.98. The number of rotatable bonds is 2. The van der Waals surface area contributed by atoms with Crippen LogP contribution in [0.2, 0.25) is 0 Å². The molecule has 0 aliphatic heterocycles. The zero-order valence-corrected chi connectivity index (χ0v) is 7.98. The van der Waals surface area contributed by atoms with Crippen molar-refractivity contribution in [3.05, 3.63) is 12.2 Å². The van der Waals surface area contributed by atoms with Crippen molar-refractivity contribution in [3.63, 3.8) is 0 Å². The number of hydrogen-bond donors (Lipinski definition) is 1. The Morgan fingerprint density at radius 3 is 2.62 bits per heavy atom. The summed E-state index contributed by atoms with van der Waals surface area (Å²) in [6.45, 7) is 5.80. The first-order chi connectivity index (χ1) is 5.89. The largest absolute Gasteiger partial charge is 0.480 e. The fraction of sp³-hybridized carbons (Fsp3) is 0.625. The molecule has 1 N–H and O–H groups in total. The molecule has 0 spiro atoms. The molecule has 1 aromatic heterocycles. The van der Waals surface area contributed by atoms with Gasteiger partial charge < -0.3 is 5.11 Å². The Bertz CT molecular complexity index is 311. The van der Waals surface area contributed by atoms with Gasteiger partial charge in [0, 0.05) is 5.41 Å². The molecule has 5 heteroatoms. The topological polar surface area (TPSA) is 68.0 Å². The molecule has 1 rings (SSSR count). The predicted molar refractivity (Wildman–Crippen MR) is 46.4 cm³/mol. The molecule has 0 aromatic carbocycles. The molecule has 0 fully saturated rings. The minimum absolute atomic E-state index is 0.135. The van der Waals surface area contributed by atoms with Crippen LogP contribution < -0.4 is 0 Å². The summed E-state index contributed by atoms with van der Waals surface area (Å²) in [5.74, 6) is -0.251. The Morgan fingerprint density at radius 1 is 1.62 bits per heavy atom. The molecule has 0 saturated carbocycles. The maximum absolute atomic E-state index is 10.3. The number of carboxylic acid groups (broad SMARTS) is 1. The van der Waals surface area contributed by atoms with Gasteiger partial charge in [-0.25, -0.2) is 9.67 Å². The molecule has 1 heterocycles. The summed E-state index contributed by atoms with van der Waals surface area (Å²) in [5, 5.41) is 12.5. The molecule has 0 radical (unpaired) electrons. The summed E-state index contributed by atoms with van der Waals surface area (Å²) >= 11 is 0. The van der Waals surface area contributed by atoms with Crippen LogP contribution in [-0.2, 0) is 16.8 Å². The fourth-order valence-electron chi connectivity index (χ4n) is 0.853. The van der Waals surface area contributed by atoms with Gasteiger partial charge >= 0.3 is 5.97 Å². The van der Waals surface area contributed by atoms with E-state index in [2.05, 4.69) is 10.1 Å². The van der Waals surface area contributed by atoms with Crippen molar-refractivity contribution in [1.82, 2.24) is 14.8 Å². The second-order valence-electron chi connectivity index (χ2n) is 3.91. The van der Waals surface area contributed by atoms with Gasteiger partial charge in [-0.3, -0.25) is 4.79 Å². The molecule has 0 saturated heterocycles. The summed E-state index contributed by atoms with van der Waals surface area (Å²) < 4.78 is 1.32. The number of hydrogen-bond acceptors (Lipinski definition) is 3. The van der Waals surface area contributed by atoms with Gasteiger partial charge in [0.15, 0.2) is 5.82 Å². The van der Waals surface area contributed by atoms with Crippen LogP contribution in [0.4, 0.5) is 0 Å². The Hall–Kier alpha value is -1.39. The highest BCUT2D eigenvalue weighted by Crippen LogP contribution is 2.16. The van der Waals surface area contributed by atoms with Crippen molar-refractivity contribution in [3.8, 4) is 0 Å². The molecule has 1 aromatic rings. The van der Waals surface area contributed by atoms with E-state index in [1.807, 2.05) is 20.8 Å². The van der Waals surface area contributed by atoms with Crippen LogP contribution in [0.5, 0.6) is 0 Å². The summed E-state index contributed by atoms with van der Waals surface area (Å²) in [6, 6.07) is 0. The molecule has 5 nitrogen and oxygen atoms in total. The van der Waals surface area contributed by atoms with E-state index >= 15 is 0 Å². The van der Waals surface area contributed by atoms with Crippen molar-refractivity contribution < 1.29 is 9.90 Å². The summed E-state index contributed by atoms with van der Waals surface area (Å²) in [6.07, 6.45) is 1.44. The van der Waals surface area contributed by atoms with Crippen LogP contribution in [0.25, 0.3) is 0 Å². The van der Waals surface area contributed by atoms with E-state index in [1.165, 1.54) is 11.0 Å². The monoisotopic (exact) mass is 183 g/mol. The van der Waals surface area contributed by atoms with Crippen LogP contribution in [0, 0.1) is 0 Å². The van der Waals surface area contributed by atoms with Gasteiger partial charge in [-0.2, -0.15) is 5.10 Å². The number of carboxylic acids is 1. The lowest BCUT2D eigenvalue weighted by Gasteiger charge is -2.12. The van der Waals surface area contributed by atoms with E-state index in [-0.39, 0.29) is 12.0 Å². The van der Waals surface area contributed by atoms with Gasteiger partial charge in [0.1, 0.15) is 12.9 Å². The molecular formula is C8H13N3O2. The molecule has 13 heavy (non-hydrogen) atoms. The van der Waals surface area contributed by atoms with E-state index < -0.39 is 5.97 Å². The van der Waals surface area contributed by atoms with Crippen LogP contribution in [0.15, 0.2) is 6.33 Å². The van der Waals surface area contributed by atoms with E-state index in [9.17, 15) is 4.79 Å². The van der Waals surface area contributed by atoms with Gasteiger partial charge in [-0.1, -0.05) is 20.8 Å². The molecule has 0 atom stereocenters. The number of aliphatic carboxylic acids is 1. The van der Waals surface area contributed by atoms with Gasteiger partial charge in [-0.05, 0) is 0 Å². The van der Waals surface area contributed by atoms with Crippen molar-refractivity contribution in [2.45, 2.75) is 32.7 Å². The highest BCUT2D eigenvalue weighted by molar-refractivity contribution is 5.66. The molecule has 0 aliphatic rings. The standard InChI is InChI=1S/C8H13N3O2/c1-8(2,3)7-9-5-11(10-7)4-6(12)13/h5H,4H2,1-3H3,(H,12,13). The lowest BCUT2D eigenvalue weighted by atomic mass is 9.96. The normalized spacial score (nSPS) is 11.6. The van der Waals surface area contributed by atoms with E-state index in [0.717, 1.165) is 0 Å². The van der Waals surface area contributed by atoms with E-state index in [4.69, 9.17) is 5.11 Å². The lowest BCUT2D eigenvalue weighted by molar-refractivity contribution is -0.137. The third-order valence-corrected chi connectivity index (χ3v) is 1.50. The maximum Gasteiger partial charge on any atom is 0.325 e. The predicted octanol–water partition coefficient (Wildman–Crippen LogP) is 0.660.